The van der Waals surface area contributed by atoms with Gasteiger partial charge in [0.2, 0.25) is 0 Å². The SMILES string of the molecule is CCOc1ccc(/C=C2/SC(=Nc3ccc(CC)cc3)N(C)C2=O)cc1. The molecule has 1 heterocycles. The molecule has 0 radical (unpaired) electrons. The van der Waals surface area contributed by atoms with Crippen molar-refractivity contribution in [3.63, 3.8) is 0 Å². The summed E-state index contributed by atoms with van der Waals surface area (Å²) < 4.78 is 5.45. The Morgan fingerprint density at radius 2 is 1.77 bits per heavy atom. The Kier molecular flexibility index (Phi) is 5.78. The van der Waals surface area contributed by atoms with Crippen LogP contribution in [0.3, 0.4) is 0 Å². The minimum Gasteiger partial charge on any atom is -0.494 e. The quantitative estimate of drug-likeness (QED) is 0.708. The lowest BCUT2D eigenvalue weighted by Gasteiger charge is -2.07. The van der Waals surface area contributed by atoms with Gasteiger partial charge in [0.25, 0.3) is 5.91 Å². The fourth-order valence-electron chi connectivity index (χ4n) is 2.55. The van der Waals surface area contributed by atoms with E-state index in [9.17, 15) is 4.79 Å². The first-order valence-corrected chi connectivity index (χ1v) is 9.50. The molecule has 1 fully saturated rings. The Bertz CT molecular complexity index is 839. The van der Waals surface area contributed by atoms with Crippen molar-refractivity contribution in [2.75, 3.05) is 13.7 Å². The van der Waals surface area contributed by atoms with E-state index in [1.54, 1.807) is 11.9 Å². The normalized spacial score (nSPS) is 17.3. The lowest BCUT2D eigenvalue weighted by Crippen LogP contribution is -2.23. The molecule has 0 unspecified atom stereocenters. The Morgan fingerprint density at radius 1 is 1.08 bits per heavy atom. The van der Waals surface area contributed by atoms with Crippen molar-refractivity contribution in [2.45, 2.75) is 20.3 Å². The van der Waals surface area contributed by atoms with Crippen molar-refractivity contribution in [1.82, 2.24) is 4.90 Å². The predicted octanol–water partition coefficient (Wildman–Crippen LogP) is 4.88. The second kappa shape index (κ2) is 8.23. The number of hydrogen-bond donors (Lipinski definition) is 0. The molecule has 0 bridgehead atoms. The van der Waals surface area contributed by atoms with Gasteiger partial charge in [-0.1, -0.05) is 31.2 Å². The number of nitrogens with zero attached hydrogens (tertiary/aromatic N) is 2. The van der Waals surface area contributed by atoms with E-state index in [4.69, 9.17) is 4.74 Å². The van der Waals surface area contributed by atoms with Gasteiger partial charge in [-0.3, -0.25) is 9.69 Å². The number of amidine groups is 1. The third-order valence-electron chi connectivity index (χ3n) is 4.06. The van der Waals surface area contributed by atoms with Crippen LogP contribution < -0.4 is 4.74 Å². The van der Waals surface area contributed by atoms with Gasteiger partial charge in [0.15, 0.2) is 5.17 Å². The fraction of sp³-hybridized carbons (Fsp3) is 0.238. The summed E-state index contributed by atoms with van der Waals surface area (Å²) in [5, 5.41) is 0.691. The van der Waals surface area contributed by atoms with Gasteiger partial charge in [0.1, 0.15) is 5.75 Å². The van der Waals surface area contributed by atoms with Gasteiger partial charge in [0.05, 0.1) is 17.2 Å². The number of hydrogen-bond acceptors (Lipinski definition) is 4. The molecule has 0 N–H and O–H groups in total. The van der Waals surface area contributed by atoms with Crippen LogP contribution in [-0.2, 0) is 11.2 Å². The molecule has 3 rings (SSSR count). The number of aliphatic imine (C=N–C) groups is 1. The minimum atomic E-state index is -0.0344. The molecule has 0 atom stereocenters. The van der Waals surface area contributed by atoms with Gasteiger partial charge in [-0.2, -0.15) is 0 Å². The van der Waals surface area contributed by atoms with Crippen molar-refractivity contribution in [1.29, 1.82) is 0 Å². The maximum absolute atomic E-state index is 12.5. The van der Waals surface area contributed by atoms with Crippen LogP contribution in [0, 0.1) is 0 Å². The van der Waals surface area contributed by atoms with Crippen LogP contribution in [0.2, 0.25) is 0 Å². The monoisotopic (exact) mass is 366 g/mol. The fourth-order valence-corrected chi connectivity index (χ4v) is 3.53. The van der Waals surface area contributed by atoms with Gasteiger partial charge >= 0.3 is 0 Å². The zero-order valence-electron chi connectivity index (χ0n) is 15.2. The Morgan fingerprint density at radius 3 is 2.38 bits per heavy atom. The van der Waals surface area contributed by atoms with Crippen LogP contribution in [0.15, 0.2) is 58.4 Å². The molecule has 4 nitrogen and oxygen atoms in total. The van der Waals surface area contributed by atoms with Crippen molar-refractivity contribution in [3.8, 4) is 5.75 Å². The first-order chi connectivity index (χ1) is 12.6. The highest BCUT2D eigenvalue weighted by molar-refractivity contribution is 8.18. The van der Waals surface area contributed by atoms with Crippen LogP contribution in [0.1, 0.15) is 25.0 Å². The molecule has 1 saturated heterocycles. The molecule has 134 valence electrons. The number of carbonyl (C=O) groups excluding carboxylic acids is 1. The van der Waals surface area contributed by atoms with E-state index >= 15 is 0 Å². The average molecular weight is 366 g/mol. The molecule has 1 aliphatic rings. The van der Waals surface area contributed by atoms with Crippen LogP contribution in [0.5, 0.6) is 5.75 Å². The van der Waals surface area contributed by atoms with E-state index in [1.165, 1.54) is 17.3 Å². The van der Waals surface area contributed by atoms with Gasteiger partial charge < -0.3 is 4.74 Å². The van der Waals surface area contributed by atoms with E-state index in [-0.39, 0.29) is 5.91 Å². The smallest absolute Gasteiger partial charge is 0.266 e. The topological polar surface area (TPSA) is 41.9 Å². The number of amides is 1. The maximum atomic E-state index is 12.5. The van der Waals surface area contributed by atoms with Gasteiger partial charge in [0, 0.05) is 7.05 Å². The summed E-state index contributed by atoms with van der Waals surface area (Å²) in [6, 6.07) is 15.8. The lowest BCUT2D eigenvalue weighted by atomic mass is 10.2. The largest absolute Gasteiger partial charge is 0.494 e. The van der Waals surface area contributed by atoms with Gasteiger partial charge in [-0.05, 0) is 66.6 Å². The highest BCUT2D eigenvalue weighted by Gasteiger charge is 2.30. The number of benzene rings is 2. The van der Waals surface area contributed by atoms with Crippen LogP contribution in [-0.4, -0.2) is 29.6 Å². The third-order valence-corrected chi connectivity index (χ3v) is 5.12. The highest BCUT2D eigenvalue weighted by Crippen LogP contribution is 2.33. The Hall–Kier alpha value is -2.53. The molecule has 1 aliphatic heterocycles. The van der Waals surface area contributed by atoms with E-state index in [2.05, 4.69) is 24.0 Å². The summed E-state index contributed by atoms with van der Waals surface area (Å²) in [5.74, 6) is 0.794. The molecular weight excluding hydrogens is 344 g/mol. The summed E-state index contributed by atoms with van der Waals surface area (Å²) >= 11 is 1.40. The first kappa shape index (κ1) is 18.3. The van der Waals surface area contributed by atoms with Crippen molar-refractivity contribution in [3.05, 3.63) is 64.6 Å². The van der Waals surface area contributed by atoms with E-state index in [0.29, 0.717) is 16.7 Å². The molecule has 0 aromatic heterocycles. The van der Waals surface area contributed by atoms with Crippen molar-refractivity contribution >= 4 is 34.6 Å². The van der Waals surface area contributed by atoms with E-state index in [1.807, 2.05) is 49.4 Å². The number of aryl methyl sites for hydroxylation is 1. The van der Waals surface area contributed by atoms with Crippen LogP contribution >= 0.6 is 11.8 Å². The maximum Gasteiger partial charge on any atom is 0.266 e. The standard InChI is InChI=1S/C21H22N2O2S/c1-4-15-6-10-17(11-7-15)22-21-23(3)20(24)19(26-21)14-16-8-12-18(13-9-16)25-5-2/h6-14H,4-5H2,1-3H3/b19-14+,22-21?. The second-order valence-corrected chi connectivity index (χ2v) is 6.90. The number of rotatable bonds is 5. The second-order valence-electron chi connectivity index (χ2n) is 5.89. The number of carbonyl (C=O) groups is 1. The molecule has 2 aromatic carbocycles. The van der Waals surface area contributed by atoms with Crippen LogP contribution in [0.25, 0.3) is 6.08 Å². The molecular formula is C21H22N2O2S. The molecule has 0 spiro atoms. The molecule has 2 aromatic rings. The zero-order valence-corrected chi connectivity index (χ0v) is 16.0. The van der Waals surface area contributed by atoms with Gasteiger partial charge in [-0.25, -0.2) is 4.99 Å². The third kappa shape index (κ3) is 4.17. The van der Waals surface area contributed by atoms with Crippen molar-refractivity contribution in [2.24, 2.45) is 4.99 Å². The summed E-state index contributed by atoms with van der Waals surface area (Å²) in [5.41, 5.74) is 3.09. The molecule has 5 heteroatoms. The predicted molar refractivity (Wildman–Crippen MR) is 109 cm³/mol. The van der Waals surface area contributed by atoms with E-state index in [0.717, 1.165) is 23.4 Å². The zero-order chi connectivity index (χ0) is 18.5. The summed E-state index contributed by atoms with van der Waals surface area (Å²) in [6.45, 7) is 4.72. The van der Waals surface area contributed by atoms with Crippen LogP contribution in [0.4, 0.5) is 5.69 Å². The Labute approximate surface area is 158 Å². The number of likely N-dealkylation sites (N-methyl/N-ethyl adjacent to an activating group) is 1. The first-order valence-electron chi connectivity index (χ1n) is 8.68. The Balaban J connectivity index is 1.80. The molecule has 26 heavy (non-hydrogen) atoms. The summed E-state index contributed by atoms with van der Waals surface area (Å²) in [7, 11) is 1.76. The van der Waals surface area contributed by atoms with Gasteiger partial charge in [-0.15, -0.1) is 0 Å². The summed E-state index contributed by atoms with van der Waals surface area (Å²) in [4.78, 5) is 19.4. The highest BCUT2D eigenvalue weighted by atomic mass is 32.2. The molecule has 1 amide bonds. The number of thioether (sulfide) groups is 1. The van der Waals surface area contributed by atoms with Crippen molar-refractivity contribution < 1.29 is 9.53 Å². The molecule has 0 saturated carbocycles. The summed E-state index contributed by atoms with van der Waals surface area (Å²) in [6.07, 6.45) is 2.89. The molecule has 0 aliphatic carbocycles. The van der Waals surface area contributed by atoms with E-state index < -0.39 is 0 Å². The average Bonchev–Trinajstić information content (AvgIpc) is 2.92. The lowest BCUT2D eigenvalue weighted by molar-refractivity contribution is -0.121. The minimum absolute atomic E-state index is 0.0344. The number of ether oxygens (including phenoxy) is 1.